The van der Waals surface area contributed by atoms with E-state index in [4.69, 9.17) is 0 Å². The Morgan fingerprint density at radius 2 is 1.89 bits per heavy atom. The molecule has 1 aromatic heterocycles. The molecule has 0 unspecified atom stereocenters. The van der Waals surface area contributed by atoms with Gasteiger partial charge in [0.05, 0.1) is 10.6 Å². The lowest BCUT2D eigenvalue weighted by Crippen LogP contribution is -2.41. The second-order valence-electron chi connectivity index (χ2n) is 6.19. The molecular weight excluding hydrogens is 381 g/mol. The Kier molecular flexibility index (Phi) is 5.89. The maximum atomic E-state index is 13.5. The molecule has 1 heterocycles. The summed E-state index contributed by atoms with van der Waals surface area (Å²) in [6.07, 6.45) is 3.81. The molecule has 0 aliphatic heterocycles. The third kappa shape index (κ3) is 4.12. The van der Waals surface area contributed by atoms with Crippen molar-refractivity contribution in [1.82, 2.24) is 10.3 Å². The number of nitrogens with one attached hydrogen (secondary N) is 1. The molecule has 0 spiro atoms. The first-order valence-corrected chi connectivity index (χ1v) is 10.2. The number of sulfonamides is 1. The van der Waals surface area contributed by atoms with E-state index in [9.17, 15) is 17.6 Å². The van der Waals surface area contributed by atoms with Crippen LogP contribution in [0.15, 0.2) is 65.8 Å². The molecule has 0 bridgehead atoms. The van der Waals surface area contributed by atoms with Gasteiger partial charge in [0.15, 0.2) is 0 Å². The molecule has 0 saturated carbocycles. The van der Waals surface area contributed by atoms with Crippen molar-refractivity contribution in [2.24, 2.45) is 0 Å². The SMILES string of the molecule is CCCNC(=O)CN(c1ccc(F)cc1)S(=O)(=O)c1cccc2cnccc12. The number of aromatic nitrogens is 1. The van der Waals surface area contributed by atoms with Crippen molar-refractivity contribution in [2.45, 2.75) is 18.2 Å². The Morgan fingerprint density at radius 1 is 1.14 bits per heavy atom. The summed E-state index contributed by atoms with van der Waals surface area (Å²) in [6.45, 7) is 1.93. The van der Waals surface area contributed by atoms with Crippen LogP contribution in [0, 0.1) is 5.82 Å². The van der Waals surface area contributed by atoms with Crippen LogP contribution in [0.3, 0.4) is 0 Å². The molecule has 8 heteroatoms. The second kappa shape index (κ2) is 8.35. The first-order valence-electron chi connectivity index (χ1n) is 8.81. The van der Waals surface area contributed by atoms with Gasteiger partial charge < -0.3 is 5.32 Å². The molecule has 1 amide bonds. The van der Waals surface area contributed by atoms with E-state index in [-0.39, 0.29) is 10.6 Å². The van der Waals surface area contributed by atoms with Crippen LogP contribution >= 0.6 is 0 Å². The minimum Gasteiger partial charge on any atom is -0.355 e. The molecule has 0 atom stereocenters. The van der Waals surface area contributed by atoms with Gasteiger partial charge in [-0.1, -0.05) is 19.1 Å². The van der Waals surface area contributed by atoms with Gasteiger partial charge in [-0.2, -0.15) is 0 Å². The van der Waals surface area contributed by atoms with Crippen LogP contribution in [0.2, 0.25) is 0 Å². The van der Waals surface area contributed by atoms with E-state index in [2.05, 4.69) is 10.3 Å². The number of carbonyl (C=O) groups excluding carboxylic acids is 1. The standard InChI is InChI=1S/C20H20FN3O3S/c1-2-11-23-20(25)14-24(17-8-6-16(21)7-9-17)28(26,27)19-5-3-4-15-13-22-12-10-18(15)19/h3-10,12-13H,2,11,14H2,1H3,(H,23,25). The summed E-state index contributed by atoms with van der Waals surface area (Å²) in [7, 11) is -4.09. The van der Waals surface area contributed by atoms with E-state index in [0.29, 0.717) is 17.3 Å². The monoisotopic (exact) mass is 401 g/mol. The summed E-state index contributed by atoms with van der Waals surface area (Å²) in [5.41, 5.74) is 0.208. The average Bonchev–Trinajstić information content (AvgIpc) is 2.70. The van der Waals surface area contributed by atoms with Crippen LogP contribution in [-0.2, 0) is 14.8 Å². The molecule has 28 heavy (non-hydrogen) atoms. The van der Waals surface area contributed by atoms with E-state index in [0.717, 1.165) is 22.9 Å². The molecule has 6 nitrogen and oxygen atoms in total. The number of amides is 1. The number of hydrogen-bond donors (Lipinski definition) is 1. The van der Waals surface area contributed by atoms with Crippen LogP contribution in [-0.4, -0.2) is 32.4 Å². The molecule has 2 aromatic carbocycles. The van der Waals surface area contributed by atoms with Gasteiger partial charge in [0.1, 0.15) is 12.4 Å². The van der Waals surface area contributed by atoms with Crippen molar-refractivity contribution >= 4 is 32.4 Å². The number of pyridine rings is 1. The maximum absolute atomic E-state index is 13.5. The minimum atomic E-state index is -4.09. The fourth-order valence-corrected chi connectivity index (χ4v) is 4.45. The largest absolute Gasteiger partial charge is 0.355 e. The molecule has 0 saturated heterocycles. The van der Waals surface area contributed by atoms with Gasteiger partial charge in [-0.05, 0) is 42.8 Å². The van der Waals surface area contributed by atoms with Crippen LogP contribution < -0.4 is 9.62 Å². The third-order valence-corrected chi connectivity index (χ3v) is 6.01. The molecule has 0 radical (unpaired) electrons. The van der Waals surface area contributed by atoms with Gasteiger partial charge in [-0.3, -0.25) is 14.1 Å². The van der Waals surface area contributed by atoms with Crippen LogP contribution in [0.5, 0.6) is 0 Å². The molecular formula is C20H20FN3O3S. The lowest BCUT2D eigenvalue weighted by atomic mass is 10.2. The second-order valence-corrected chi connectivity index (χ2v) is 8.02. The Morgan fingerprint density at radius 3 is 2.61 bits per heavy atom. The molecule has 146 valence electrons. The quantitative estimate of drug-likeness (QED) is 0.660. The number of anilines is 1. The summed E-state index contributed by atoms with van der Waals surface area (Å²) in [4.78, 5) is 16.4. The Hall–Kier alpha value is -3.00. The lowest BCUT2D eigenvalue weighted by molar-refractivity contribution is -0.119. The van der Waals surface area contributed by atoms with E-state index < -0.39 is 28.3 Å². The van der Waals surface area contributed by atoms with Gasteiger partial charge in [0.2, 0.25) is 5.91 Å². The number of rotatable bonds is 7. The molecule has 3 aromatic rings. The highest BCUT2D eigenvalue weighted by atomic mass is 32.2. The molecule has 0 aliphatic rings. The van der Waals surface area contributed by atoms with Crippen LogP contribution in [0.4, 0.5) is 10.1 Å². The highest BCUT2D eigenvalue weighted by molar-refractivity contribution is 7.93. The summed E-state index contributed by atoms with van der Waals surface area (Å²) < 4.78 is 41.3. The van der Waals surface area contributed by atoms with Crippen molar-refractivity contribution < 1.29 is 17.6 Å². The van der Waals surface area contributed by atoms with Crippen molar-refractivity contribution in [3.05, 3.63) is 66.7 Å². The Balaban J connectivity index is 2.09. The summed E-state index contributed by atoms with van der Waals surface area (Å²) in [5, 5.41) is 3.84. The fourth-order valence-electron chi connectivity index (χ4n) is 2.81. The van der Waals surface area contributed by atoms with Gasteiger partial charge in [0.25, 0.3) is 10.0 Å². The van der Waals surface area contributed by atoms with E-state index in [1.807, 2.05) is 6.92 Å². The highest BCUT2D eigenvalue weighted by Gasteiger charge is 2.28. The van der Waals surface area contributed by atoms with Gasteiger partial charge in [-0.15, -0.1) is 0 Å². The van der Waals surface area contributed by atoms with E-state index in [1.165, 1.54) is 24.4 Å². The van der Waals surface area contributed by atoms with E-state index >= 15 is 0 Å². The van der Waals surface area contributed by atoms with Crippen LogP contribution in [0.25, 0.3) is 10.8 Å². The summed E-state index contributed by atoms with van der Waals surface area (Å²) in [5.74, 6) is -0.926. The van der Waals surface area contributed by atoms with E-state index in [1.54, 1.807) is 24.4 Å². The van der Waals surface area contributed by atoms with Gasteiger partial charge >= 0.3 is 0 Å². The lowest BCUT2D eigenvalue weighted by Gasteiger charge is -2.24. The number of carbonyl (C=O) groups is 1. The zero-order chi connectivity index (χ0) is 20.1. The summed E-state index contributed by atoms with van der Waals surface area (Å²) in [6, 6.07) is 11.5. The number of halogens is 1. The van der Waals surface area contributed by atoms with Crippen molar-refractivity contribution in [1.29, 1.82) is 0 Å². The maximum Gasteiger partial charge on any atom is 0.265 e. The van der Waals surface area contributed by atoms with Gasteiger partial charge in [0, 0.05) is 29.7 Å². The smallest absolute Gasteiger partial charge is 0.265 e. The summed E-state index contributed by atoms with van der Waals surface area (Å²) >= 11 is 0. The first kappa shape index (κ1) is 19.8. The minimum absolute atomic E-state index is 0.0556. The Labute approximate surface area is 163 Å². The Bertz CT molecular complexity index is 1080. The molecule has 3 rings (SSSR count). The molecule has 0 fully saturated rings. The zero-order valence-corrected chi connectivity index (χ0v) is 16.1. The number of hydrogen-bond acceptors (Lipinski definition) is 4. The van der Waals surface area contributed by atoms with Gasteiger partial charge in [-0.25, -0.2) is 12.8 Å². The molecule has 0 aliphatic carbocycles. The molecule has 1 N–H and O–H groups in total. The fraction of sp³-hybridized carbons (Fsp3) is 0.200. The topological polar surface area (TPSA) is 79.4 Å². The number of fused-ring (bicyclic) bond motifs is 1. The average molecular weight is 401 g/mol. The van der Waals surface area contributed by atoms with Crippen molar-refractivity contribution in [3.63, 3.8) is 0 Å². The first-order chi connectivity index (χ1) is 13.4. The van der Waals surface area contributed by atoms with Crippen LogP contribution in [0.1, 0.15) is 13.3 Å². The zero-order valence-electron chi connectivity index (χ0n) is 15.3. The predicted molar refractivity (Wildman–Crippen MR) is 106 cm³/mol. The highest BCUT2D eigenvalue weighted by Crippen LogP contribution is 2.28. The third-order valence-electron chi connectivity index (χ3n) is 4.18. The van der Waals surface area contributed by atoms with Crippen molar-refractivity contribution in [2.75, 3.05) is 17.4 Å². The number of nitrogens with zero attached hydrogens (tertiary/aromatic N) is 2. The number of benzene rings is 2. The normalized spacial score (nSPS) is 11.4. The predicted octanol–water partition coefficient (Wildman–Crippen LogP) is 3.10. The van der Waals surface area contributed by atoms with Crippen molar-refractivity contribution in [3.8, 4) is 0 Å².